The standard InChI is InChI=1S/C15H14ClN3OS/c1-8-12(14(18)20)13(9-5-3-4-6-11(9)16)10(7-17)15(19-8)21-2/h3-6,13,19H,1-2H3,(H2,18,20). The summed E-state index contributed by atoms with van der Waals surface area (Å²) in [6, 6.07) is 9.36. The Morgan fingerprint density at radius 2 is 2.14 bits per heavy atom. The number of allylic oxidation sites excluding steroid dienone is 2. The Labute approximate surface area is 132 Å². The van der Waals surface area contributed by atoms with Crippen LogP contribution in [-0.2, 0) is 4.79 Å². The molecule has 1 unspecified atom stereocenters. The van der Waals surface area contributed by atoms with E-state index in [2.05, 4.69) is 11.4 Å². The lowest BCUT2D eigenvalue weighted by Gasteiger charge is -2.29. The van der Waals surface area contributed by atoms with Crippen molar-refractivity contribution >= 4 is 29.3 Å². The third-order valence-electron chi connectivity index (χ3n) is 3.33. The summed E-state index contributed by atoms with van der Waals surface area (Å²) in [6.07, 6.45) is 1.87. The van der Waals surface area contributed by atoms with E-state index in [4.69, 9.17) is 17.3 Å². The van der Waals surface area contributed by atoms with Crippen LogP contribution in [0, 0.1) is 11.3 Å². The van der Waals surface area contributed by atoms with Crippen molar-refractivity contribution in [3.8, 4) is 6.07 Å². The van der Waals surface area contributed by atoms with Crippen LogP contribution in [0.25, 0.3) is 0 Å². The van der Waals surface area contributed by atoms with E-state index in [1.165, 1.54) is 11.8 Å². The van der Waals surface area contributed by atoms with E-state index in [0.29, 0.717) is 32.5 Å². The van der Waals surface area contributed by atoms with Crippen LogP contribution in [0.5, 0.6) is 0 Å². The van der Waals surface area contributed by atoms with Crippen LogP contribution in [0.15, 0.2) is 46.1 Å². The minimum atomic E-state index is -0.558. The van der Waals surface area contributed by atoms with E-state index in [1.807, 2.05) is 18.4 Å². The molecule has 1 atom stereocenters. The summed E-state index contributed by atoms with van der Waals surface area (Å²) >= 11 is 7.67. The monoisotopic (exact) mass is 319 g/mol. The van der Waals surface area contributed by atoms with E-state index in [1.54, 1.807) is 19.1 Å². The molecule has 0 radical (unpaired) electrons. The Morgan fingerprint density at radius 1 is 1.48 bits per heavy atom. The third kappa shape index (κ3) is 2.78. The molecule has 108 valence electrons. The number of amides is 1. The largest absolute Gasteiger partial charge is 0.366 e. The number of hydrogen-bond acceptors (Lipinski definition) is 4. The number of rotatable bonds is 3. The van der Waals surface area contributed by atoms with Crippen molar-refractivity contribution in [2.45, 2.75) is 12.8 Å². The van der Waals surface area contributed by atoms with Gasteiger partial charge in [-0.3, -0.25) is 4.79 Å². The Balaban J connectivity index is 2.73. The van der Waals surface area contributed by atoms with Crippen molar-refractivity contribution in [2.75, 3.05) is 6.26 Å². The van der Waals surface area contributed by atoms with E-state index in [-0.39, 0.29) is 0 Å². The van der Waals surface area contributed by atoms with Crippen LogP contribution in [0.4, 0.5) is 0 Å². The van der Waals surface area contributed by atoms with Gasteiger partial charge in [0.05, 0.1) is 22.6 Å². The lowest BCUT2D eigenvalue weighted by atomic mass is 9.82. The maximum absolute atomic E-state index is 11.9. The van der Waals surface area contributed by atoms with Crippen LogP contribution >= 0.6 is 23.4 Å². The minimum absolute atomic E-state index is 0.373. The Morgan fingerprint density at radius 3 is 2.67 bits per heavy atom. The molecule has 21 heavy (non-hydrogen) atoms. The van der Waals surface area contributed by atoms with Crippen LogP contribution in [0.1, 0.15) is 18.4 Å². The van der Waals surface area contributed by atoms with Crippen molar-refractivity contribution < 1.29 is 4.79 Å². The molecule has 4 nitrogen and oxygen atoms in total. The molecule has 1 aliphatic rings. The number of dihydropyridines is 1. The van der Waals surface area contributed by atoms with Gasteiger partial charge in [0.25, 0.3) is 0 Å². The molecule has 0 aliphatic carbocycles. The molecule has 1 aliphatic heterocycles. The highest BCUT2D eigenvalue weighted by molar-refractivity contribution is 8.02. The molecule has 0 spiro atoms. The average molecular weight is 320 g/mol. The van der Waals surface area contributed by atoms with Crippen LogP contribution < -0.4 is 11.1 Å². The summed E-state index contributed by atoms with van der Waals surface area (Å²) in [6.45, 7) is 1.77. The number of benzene rings is 1. The molecular weight excluding hydrogens is 306 g/mol. The van der Waals surface area contributed by atoms with Gasteiger partial charge in [-0.25, -0.2) is 0 Å². The predicted octanol–water partition coefficient (Wildman–Crippen LogP) is 2.88. The number of carbonyl (C=O) groups is 1. The number of thioether (sulfide) groups is 1. The fraction of sp³-hybridized carbons (Fsp3) is 0.200. The zero-order valence-corrected chi connectivity index (χ0v) is 13.2. The van der Waals surface area contributed by atoms with Crippen molar-refractivity contribution in [2.24, 2.45) is 5.73 Å². The smallest absolute Gasteiger partial charge is 0.247 e. The Bertz CT molecular complexity index is 703. The highest BCUT2D eigenvalue weighted by atomic mass is 35.5. The number of carbonyl (C=O) groups excluding carboxylic acids is 1. The second kappa shape index (κ2) is 6.25. The zero-order chi connectivity index (χ0) is 15.6. The average Bonchev–Trinajstić information content (AvgIpc) is 2.46. The first-order valence-electron chi connectivity index (χ1n) is 6.21. The minimum Gasteiger partial charge on any atom is -0.366 e. The molecule has 0 bridgehead atoms. The number of nitrogens with two attached hydrogens (primary N) is 1. The van der Waals surface area contributed by atoms with Crippen LogP contribution in [0.2, 0.25) is 5.02 Å². The first-order chi connectivity index (χ1) is 10.0. The number of primary amides is 1. The van der Waals surface area contributed by atoms with E-state index in [9.17, 15) is 10.1 Å². The molecule has 0 saturated carbocycles. The molecular formula is C15H14ClN3OS. The van der Waals surface area contributed by atoms with Gasteiger partial charge in [-0.15, -0.1) is 11.8 Å². The molecule has 1 heterocycles. The first kappa shape index (κ1) is 15.5. The molecule has 2 rings (SSSR count). The zero-order valence-electron chi connectivity index (χ0n) is 11.6. The van der Waals surface area contributed by atoms with Gasteiger partial charge in [-0.05, 0) is 24.8 Å². The van der Waals surface area contributed by atoms with Gasteiger partial charge >= 0.3 is 0 Å². The fourth-order valence-corrected chi connectivity index (χ4v) is 3.30. The van der Waals surface area contributed by atoms with Gasteiger partial charge in [-0.1, -0.05) is 29.8 Å². The molecule has 3 N–H and O–H groups in total. The molecule has 6 heteroatoms. The van der Waals surface area contributed by atoms with Gasteiger partial charge in [0.15, 0.2) is 0 Å². The maximum atomic E-state index is 11.9. The van der Waals surface area contributed by atoms with Crippen molar-refractivity contribution in [1.82, 2.24) is 5.32 Å². The maximum Gasteiger partial charge on any atom is 0.247 e. The quantitative estimate of drug-likeness (QED) is 0.898. The van der Waals surface area contributed by atoms with Crippen LogP contribution in [0.3, 0.4) is 0 Å². The number of nitriles is 1. The Hall–Kier alpha value is -1.90. The lowest BCUT2D eigenvalue weighted by molar-refractivity contribution is -0.114. The van der Waals surface area contributed by atoms with Gasteiger partial charge in [0.2, 0.25) is 5.91 Å². The predicted molar refractivity (Wildman–Crippen MR) is 85.4 cm³/mol. The highest BCUT2D eigenvalue weighted by Gasteiger charge is 2.34. The highest BCUT2D eigenvalue weighted by Crippen LogP contribution is 2.41. The van der Waals surface area contributed by atoms with Crippen molar-refractivity contribution in [3.63, 3.8) is 0 Å². The van der Waals surface area contributed by atoms with Gasteiger partial charge in [-0.2, -0.15) is 5.26 Å². The molecule has 0 fully saturated rings. The van der Waals surface area contributed by atoms with Gasteiger partial charge in [0.1, 0.15) is 0 Å². The molecule has 1 aromatic rings. The summed E-state index contributed by atoms with van der Waals surface area (Å²) in [5.41, 5.74) is 7.70. The van der Waals surface area contributed by atoms with Gasteiger partial charge < -0.3 is 11.1 Å². The summed E-state index contributed by atoms with van der Waals surface area (Å²) in [7, 11) is 0. The van der Waals surface area contributed by atoms with E-state index < -0.39 is 11.8 Å². The molecule has 1 amide bonds. The molecule has 1 aromatic carbocycles. The molecule has 0 saturated heterocycles. The summed E-state index contributed by atoms with van der Waals surface area (Å²) < 4.78 is 0. The fourth-order valence-electron chi connectivity index (χ4n) is 2.42. The number of hydrogen-bond donors (Lipinski definition) is 2. The number of halogens is 1. The number of nitrogens with zero attached hydrogens (tertiary/aromatic N) is 1. The van der Waals surface area contributed by atoms with Crippen molar-refractivity contribution in [3.05, 3.63) is 56.7 Å². The third-order valence-corrected chi connectivity index (χ3v) is 4.41. The second-order valence-corrected chi connectivity index (χ2v) is 5.76. The second-order valence-electron chi connectivity index (χ2n) is 4.54. The van der Waals surface area contributed by atoms with Crippen LogP contribution in [-0.4, -0.2) is 12.2 Å². The first-order valence-corrected chi connectivity index (χ1v) is 7.81. The topological polar surface area (TPSA) is 78.9 Å². The van der Waals surface area contributed by atoms with Crippen molar-refractivity contribution in [1.29, 1.82) is 5.26 Å². The normalized spacial score (nSPS) is 18.3. The lowest BCUT2D eigenvalue weighted by Crippen LogP contribution is -2.31. The molecule has 0 aromatic heterocycles. The van der Waals surface area contributed by atoms with Gasteiger partial charge in [0, 0.05) is 16.3 Å². The van der Waals surface area contributed by atoms with E-state index in [0.717, 1.165) is 0 Å². The summed E-state index contributed by atoms with van der Waals surface area (Å²) in [5, 5.41) is 13.8. The van der Waals surface area contributed by atoms with E-state index >= 15 is 0 Å². The Kier molecular flexibility index (Phi) is 4.61. The SMILES string of the molecule is CSC1=C(C#N)C(c2ccccc2Cl)C(C(N)=O)=C(C)N1. The summed E-state index contributed by atoms with van der Waals surface area (Å²) in [4.78, 5) is 11.9. The number of nitrogens with one attached hydrogen (secondary N) is 1. The summed E-state index contributed by atoms with van der Waals surface area (Å²) in [5.74, 6) is -1.09.